The first-order valence-corrected chi connectivity index (χ1v) is 7.53. The van der Waals surface area contributed by atoms with E-state index in [0.717, 1.165) is 20.3 Å². The smallest absolute Gasteiger partial charge is 0.205 e. The van der Waals surface area contributed by atoms with Gasteiger partial charge in [-0.3, -0.25) is 4.79 Å². The third-order valence-electron chi connectivity index (χ3n) is 3.14. The number of halogens is 1. The van der Waals surface area contributed by atoms with Crippen LogP contribution in [0, 0.1) is 18.3 Å². The van der Waals surface area contributed by atoms with E-state index in [1.807, 2.05) is 19.1 Å². The standard InChI is InChI=1S/C15H9BrN2OS/c1-8-4-13(20-15(8)16)14(19)11-7-18-12-3-2-9(6-17)5-10(11)12/h2-5,7,18H,1H3. The first kappa shape index (κ1) is 13.1. The fourth-order valence-electron chi connectivity index (χ4n) is 2.08. The molecule has 0 radical (unpaired) electrons. The summed E-state index contributed by atoms with van der Waals surface area (Å²) < 4.78 is 0.971. The van der Waals surface area contributed by atoms with Crippen LogP contribution < -0.4 is 0 Å². The molecule has 0 unspecified atom stereocenters. The lowest BCUT2D eigenvalue weighted by Gasteiger charge is -1.96. The third-order valence-corrected chi connectivity index (χ3v) is 5.27. The number of aromatic nitrogens is 1. The van der Waals surface area contributed by atoms with Gasteiger partial charge in [-0.1, -0.05) is 0 Å². The van der Waals surface area contributed by atoms with Crippen LogP contribution in [0.1, 0.15) is 26.4 Å². The molecule has 2 heterocycles. The fourth-order valence-corrected chi connectivity index (χ4v) is 3.57. The molecule has 0 aliphatic carbocycles. The molecule has 0 aliphatic rings. The molecule has 20 heavy (non-hydrogen) atoms. The van der Waals surface area contributed by atoms with Crippen molar-refractivity contribution in [2.45, 2.75) is 6.92 Å². The lowest BCUT2D eigenvalue weighted by Crippen LogP contribution is -1.97. The van der Waals surface area contributed by atoms with Crippen molar-refractivity contribution in [3.8, 4) is 6.07 Å². The fraction of sp³-hybridized carbons (Fsp3) is 0.0667. The molecule has 1 aromatic carbocycles. The highest BCUT2D eigenvalue weighted by Crippen LogP contribution is 2.30. The van der Waals surface area contributed by atoms with Crippen molar-refractivity contribution in [1.29, 1.82) is 5.26 Å². The Bertz CT molecular complexity index is 850. The summed E-state index contributed by atoms with van der Waals surface area (Å²) in [7, 11) is 0. The molecule has 98 valence electrons. The molecule has 1 N–H and O–H groups in total. The molecular weight excluding hydrogens is 336 g/mol. The lowest BCUT2D eigenvalue weighted by molar-refractivity contribution is 0.104. The number of hydrogen-bond acceptors (Lipinski definition) is 3. The number of ketones is 1. The number of benzene rings is 1. The number of fused-ring (bicyclic) bond motifs is 1. The van der Waals surface area contributed by atoms with Gasteiger partial charge in [-0.25, -0.2) is 0 Å². The average molecular weight is 345 g/mol. The Kier molecular flexibility index (Phi) is 3.20. The largest absolute Gasteiger partial charge is 0.360 e. The molecule has 0 amide bonds. The summed E-state index contributed by atoms with van der Waals surface area (Å²) in [4.78, 5) is 16.3. The molecule has 3 aromatic rings. The number of H-pyrrole nitrogens is 1. The summed E-state index contributed by atoms with van der Waals surface area (Å²) in [6.45, 7) is 1.96. The van der Waals surface area contributed by atoms with Gasteiger partial charge in [0.15, 0.2) is 0 Å². The molecule has 0 atom stereocenters. The van der Waals surface area contributed by atoms with E-state index in [0.29, 0.717) is 16.0 Å². The summed E-state index contributed by atoms with van der Waals surface area (Å²) in [5, 5.41) is 9.76. The minimum Gasteiger partial charge on any atom is -0.360 e. The van der Waals surface area contributed by atoms with Crippen LogP contribution in [0.5, 0.6) is 0 Å². The summed E-state index contributed by atoms with van der Waals surface area (Å²) in [5.74, 6) is -0.0230. The first-order chi connectivity index (χ1) is 9.60. The van der Waals surface area contributed by atoms with Gasteiger partial charge in [0.1, 0.15) is 0 Å². The van der Waals surface area contributed by atoms with Crippen LogP contribution in [-0.4, -0.2) is 10.8 Å². The van der Waals surface area contributed by atoms with Crippen molar-refractivity contribution in [1.82, 2.24) is 4.98 Å². The predicted molar refractivity (Wildman–Crippen MR) is 83.2 cm³/mol. The molecule has 0 saturated heterocycles. The van der Waals surface area contributed by atoms with Gasteiger partial charge in [0, 0.05) is 22.7 Å². The second-order valence-corrected chi connectivity index (χ2v) is 6.84. The van der Waals surface area contributed by atoms with Crippen molar-refractivity contribution in [3.05, 3.63) is 55.8 Å². The van der Waals surface area contributed by atoms with Crippen LogP contribution in [0.25, 0.3) is 10.9 Å². The predicted octanol–water partition coefficient (Wildman–Crippen LogP) is 4.40. The van der Waals surface area contributed by atoms with Gasteiger partial charge in [0.2, 0.25) is 5.78 Å². The van der Waals surface area contributed by atoms with Crippen molar-refractivity contribution in [2.75, 3.05) is 0 Å². The zero-order chi connectivity index (χ0) is 14.3. The van der Waals surface area contributed by atoms with Crippen LogP contribution in [0.15, 0.2) is 34.2 Å². The molecule has 0 bridgehead atoms. The summed E-state index contributed by atoms with van der Waals surface area (Å²) in [6, 6.07) is 9.28. The number of hydrogen-bond donors (Lipinski definition) is 1. The molecule has 0 aliphatic heterocycles. The second-order valence-electron chi connectivity index (χ2n) is 4.47. The molecule has 2 aromatic heterocycles. The van der Waals surface area contributed by atoms with Gasteiger partial charge in [0.25, 0.3) is 0 Å². The van der Waals surface area contributed by atoms with Crippen molar-refractivity contribution >= 4 is 44.0 Å². The van der Waals surface area contributed by atoms with Crippen molar-refractivity contribution < 1.29 is 4.79 Å². The Labute approximate surface area is 128 Å². The quantitative estimate of drug-likeness (QED) is 0.700. The van der Waals surface area contributed by atoms with Crippen LogP contribution >= 0.6 is 27.3 Å². The van der Waals surface area contributed by atoms with Gasteiger partial charge in [-0.05, 0) is 52.7 Å². The number of nitriles is 1. The Morgan fingerprint density at radius 2 is 2.20 bits per heavy atom. The minimum absolute atomic E-state index is 0.0230. The van der Waals surface area contributed by atoms with Gasteiger partial charge in [-0.15, -0.1) is 11.3 Å². The Morgan fingerprint density at radius 3 is 2.85 bits per heavy atom. The summed E-state index contributed by atoms with van der Waals surface area (Å²) >= 11 is 4.86. The Hall–Kier alpha value is -1.90. The van der Waals surface area contributed by atoms with Gasteiger partial charge < -0.3 is 4.98 Å². The summed E-state index contributed by atoms with van der Waals surface area (Å²) in [5.41, 5.74) is 3.07. The minimum atomic E-state index is -0.0230. The normalized spacial score (nSPS) is 10.7. The molecule has 0 saturated carbocycles. The van der Waals surface area contributed by atoms with Crippen LogP contribution in [0.3, 0.4) is 0 Å². The van der Waals surface area contributed by atoms with E-state index in [2.05, 4.69) is 27.0 Å². The van der Waals surface area contributed by atoms with E-state index in [4.69, 9.17) is 5.26 Å². The highest BCUT2D eigenvalue weighted by molar-refractivity contribution is 9.11. The zero-order valence-corrected chi connectivity index (χ0v) is 12.9. The molecule has 0 fully saturated rings. The zero-order valence-electron chi connectivity index (χ0n) is 10.5. The van der Waals surface area contributed by atoms with E-state index in [1.54, 1.807) is 18.3 Å². The average Bonchev–Trinajstić information content (AvgIpc) is 3.01. The van der Waals surface area contributed by atoms with Crippen molar-refractivity contribution in [2.24, 2.45) is 0 Å². The molecule has 0 spiro atoms. The maximum absolute atomic E-state index is 12.6. The van der Waals surface area contributed by atoms with E-state index < -0.39 is 0 Å². The summed E-state index contributed by atoms with van der Waals surface area (Å²) in [6.07, 6.45) is 1.71. The number of nitrogens with zero attached hydrogens (tertiary/aromatic N) is 1. The number of aryl methyl sites for hydroxylation is 1. The number of carbonyl (C=O) groups excluding carboxylic acids is 1. The first-order valence-electron chi connectivity index (χ1n) is 5.92. The second kappa shape index (κ2) is 4.89. The van der Waals surface area contributed by atoms with Crippen molar-refractivity contribution in [3.63, 3.8) is 0 Å². The third kappa shape index (κ3) is 2.07. The van der Waals surface area contributed by atoms with Crippen LogP contribution in [0.4, 0.5) is 0 Å². The van der Waals surface area contributed by atoms with Gasteiger partial charge in [0.05, 0.1) is 20.3 Å². The topological polar surface area (TPSA) is 56.6 Å². The number of carbonyl (C=O) groups is 1. The van der Waals surface area contributed by atoms with Crippen LogP contribution in [0.2, 0.25) is 0 Å². The Balaban J connectivity index is 2.14. The van der Waals surface area contributed by atoms with Gasteiger partial charge >= 0.3 is 0 Å². The molecule has 3 nitrogen and oxygen atoms in total. The van der Waals surface area contributed by atoms with Crippen LogP contribution in [-0.2, 0) is 0 Å². The number of nitrogens with one attached hydrogen (secondary N) is 1. The maximum Gasteiger partial charge on any atom is 0.205 e. The van der Waals surface area contributed by atoms with E-state index in [9.17, 15) is 4.79 Å². The lowest BCUT2D eigenvalue weighted by atomic mass is 10.1. The van der Waals surface area contributed by atoms with E-state index in [1.165, 1.54) is 11.3 Å². The molecule has 5 heteroatoms. The monoisotopic (exact) mass is 344 g/mol. The van der Waals surface area contributed by atoms with E-state index >= 15 is 0 Å². The molecule has 3 rings (SSSR count). The Morgan fingerprint density at radius 1 is 1.40 bits per heavy atom. The highest BCUT2D eigenvalue weighted by Gasteiger charge is 2.17. The van der Waals surface area contributed by atoms with E-state index in [-0.39, 0.29) is 5.78 Å². The SMILES string of the molecule is Cc1cc(C(=O)c2c[nH]c3ccc(C#N)cc23)sc1Br. The number of rotatable bonds is 2. The highest BCUT2D eigenvalue weighted by atomic mass is 79.9. The maximum atomic E-state index is 12.6. The van der Waals surface area contributed by atoms with Gasteiger partial charge in [-0.2, -0.15) is 5.26 Å². The molecular formula is C15H9BrN2OS. The number of thiophene rings is 1. The number of aromatic amines is 1.